The number of carbonyl (C=O) groups excluding carboxylic acids is 1. The molecule has 3 nitrogen and oxygen atoms in total. The minimum atomic E-state index is -0.630. The lowest BCUT2D eigenvalue weighted by atomic mass is 10.2. The molecule has 3 heteroatoms. The van der Waals surface area contributed by atoms with Crippen LogP contribution >= 0.6 is 0 Å². The number of hydrogen-bond acceptors (Lipinski definition) is 2. The van der Waals surface area contributed by atoms with Gasteiger partial charge < -0.3 is 10.5 Å². The molecular weight excluding hydrogens is 118 g/mol. The zero-order valence-corrected chi connectivity index (χ0v) is 5.26. The van der Waals surface area contributed by atoms with Gasteiger partial charge in [0.15, 0.2) is 0 Å². The van der Waals surface area contributed by atoms with Crippen LogP contribution in [0, 0.1) is 12.3 Å². The van der Waals surface area contributed by atoms with Crippen LogP contribution in [0.4, 0.5) is 0 Å². The van der Waals surface area contributed by atoms with E-state index in [1.54, 1.807) is 0 Å². The number of amides is 1. The number of ether oxygens (including phenoxy) is 1. The van der Waals surface area contributed by atoms with Crippen LogP contribution in [0.15, 0.2) is 0 Å². The van der Waals surface area contributed by atoms with Crippen molar-refractivity contribution in [3.63, 3.8) is 0 Å². The first-order chi connectivity index (χ1) is 4.22. The van der Waals surface area contributed by atoms with Crippen LogP contribution in [0.2, 0.25) is 0 Å². The maximum Gasteiger partial charge on any atom is 0.247 e. The molecule has 0 aliphatic heterocycles. The minimum Gasteiger partial charge on any atom is -0.371 e. The van der Waals surface area contributed by atoms with Gasteiger partial charge in [0.25, 0.3) is 0 Å². The summed E-state index contributed by atoms with van der Waals surface area (Å²) in [7, 11) is 1.40. The van der Waals surface area contributed by atoms with Crippen molar-refractivity contribution < 1.29 is 9.53 Å². The van der Waals surface area contributed by atoms with Crippen molar-refractivity contribution in [1.82, 2.24) is 0 Å². The molecule has 2 N–H and O–H groups in total. The Kier molecular flexibility index (Phi) is 3.49. The van der Waals surface area contributed by atoms with Crippen LogP contribution in [0.3, 0.4) is 0 Å². The van der Waals surface area contributed by atoms with Gasteiger partial charge in [0, 0.05) is 13.5 Å². The number of terminal acetylenes is 1. The normalized spacial score (nSPS) is 12.0. The smallest absolute Gasteiger partial charge is 0.247 e. The molecule has 9 heavy (non-hydrogen) atoms. The summed E-state index contributed by atoms with van der Waals surface area (Å²) in [5, 5.41) is 0. The van der Waals surface area contributed by atoms with Crippen molar-refractivity contribution in [1.29, 1.82) is 0 Å². The molecule has 0 radical (unpaired) electrons. The minimum absolute atomic E-state index is 0.242. The maximum atomic E-state index is 10.3. The summed E-state index contributed by atoms with van der Waals surface area (Å²) in [6, 6.07) is 0. The van der Waals surface area contributed by atoms with Gasteiger partial charge in [0.1, 0.15) is 6.10 Å². The van der Waals surface area contributed by atoms with Gasteiger partial charge in [-0.05, 0) is 0 Å². The second-order valence-electron chi connectivity index (χ2n) is 1.53. The number of rotatable bonds is 3. The van der Waals surface area contributed by atoms with Crippen molar-refractivity contribution >= 4 is 5.91 Å². The summed E-state index contributed by atoms with van der Waals surface area (Å²) in [5.74, 6) is 1.76. The highest BCUT2D eigenvalue weighted by atomic mass is 16.5. The summed E-state index contributed by atoms with van der Waals surface area (Å²) < 4.78 is 4.64. The van der Waals surface area contributed by atoms with E-state index in [9.17, 15) is 4.79 Å². The van der Waals surface area contributed by atoms with Crippen LogP contribution in [0.5, 0.6) is 0 Å². The molecular formula is C6H9NO2. The monoisotopic (exact) mass is 127 g/mol. The predicted octanol–water partition coefficient (Wildman–Crippen LogP) is -0.490. The highest BCUT2D eigenvalue weighted by Gasteiger charge is 2.10. The fourth-order valence-corrected chi connectivity index (χ4v) is 0.407. The van der Waals surface area contributed by atoms with E-state index in [2.05, 4.69) is 10.7 Å². The fourth-order valence-electron chi connectivity index (χ4n) is 0.407. The zero-order chi connectivity index (χ0) is 7.28. The molecule has 0 aromatic heterocycles. The highest BCUT2D eigenvalue weighted by Crippen LogP contribution is 1.92. The van der Waals surface area contributed by atoms with E-state index in [0.717, 1.165) is 0 Å². The molecule has 1 unspecified atom stereocenters. The molecule has 0 saturated heterocycles. The van der Waals surface area contributed by atoms with E-state index in [4.69, 9.17) is 12.2 Å². The molecule has 1 atom stereocenters. The number of nitrogens with two attached hydrogens (primary N) is 1. The Labute approximate surface area is 54.2 Å². The van der Waals surface area contributed by atoms with Gasteiger partial charge in [-0.1, -0.05) is 0 Å². The summed E-state index contributed by atoms with van der Waals surface area (Å²) in [5.41, 5.74) is 4.87. The summed E-state index contributed by atoms with van der Waals surface area (Å²) in [4.78, 5) is 10.3. The molecule has 0 aliphatic carbocycles. The van der Waals surface area contributed by atoms with E-state index in [1.165, 1.54) is 7.11 Å². The molecule has 0 heterocycles. The van der Waals surface area contributed by atoms with Crippen molar-refractivity contribution in [2.75, 3.05) is 7.11 Å². The largest absolute Gasteiger partial charge is 0.371 e. The Hall–Kier alpha value is -1.01. The van der Waals surface area contributed by atoms with E-state index < -0.39 is 12.0 Å². The molecule has 0 aromatic rings. The first kappa shape index (κ1) is 7.99. The maximum absolute atomic E-state index is 10.3. The van der Waals surface area contributed by atoms with E-state index >= 15 is 0 Å². The Morgan fingerprint density at radius 2 is 2.56 bits per heavy atom. The van der Waals surface area contributed by atoms with Gasteiger partial charge >= 0.3 is 0 Å². The first-order valence-corrected chi connectivity index (χ1v) is 2.48. The average molecular weight is 127 g/mol. The molecule has 1 amide bonds. The van der Waals surface area contributed by atoms with Gasteiger partial charge in [0.05, 0.1) is 0 Å². The second-order valence-corrected chi connectivity index (χ2v) is 1.53. The Balaban J connectivity index is 3.71. The van der Waals surface area contributed by atoms with Crippen molar-refractivity contribution in [2.24, 2.45) is 5.73 Å². The Morgan fingerprint density at radius 1 is 2.00 bits per heavy atom. The molecule has 0 fully saturated rings. The molecule has 0 aliphatic rings. The van der Waals surface area contributed by atoms with Crippen LogP contribution in [-0.2, 0) is 9.53 Å². The van der Waals surface area contributed by atoms with Gasteiger partial charge in [-0.2, -0.15) is 0 Å². The molecule has 0 spiro atoms. The molecule has 0 saturated carbocycles. The number of hydrogen-bond donors (Lipinski definition) is 1. The third-order valence-corrected chi connectivity index (χ3v) is 0.905. The number of carbonyl (C=O) groups is 1. The van der Waals surface area contributed by atoms with Crippen molar-refractivity contribution in [2.45, 2.75) is 12.5 Å². The fraction of sp³-hybridized carbons (Fsp3) is 0.500. The van der Waals surface area contributed by atoms with Crippen LogP contribution in [-0.4, -0.2) is 19.1 Å². The summed E-state index contributed by atoms with van der Waals surface area (Å²) in [6.07, 6.45) is 4.52. The lowest BCUT2D eigenvalue weighted by molar-refractivity contribution is -0.127. The van der Waals surface area contributed by atoms with E-state index in [-0.39, 0.29) is 6.42 Å². The topological polar surface area (TPSA) is 52.3 Å². The van der Waals surface area contributed by atoms with E-state index in [1.807, 2.05) is 0 Å². The van der Waals surface area contributed by atoms with Crippen molar-refractivity contribution in [3.05, 3.63) is 0 Å². The van der Waals surface area contributed by atoms with Gasteiger partial charge in [-0.15, -0.1) is 12.3 Å². The third-order valence-electron chi connectivity index (χ3n) is 0.905. The SMILES string of the molecule is C#CCC(OC)C(N)=O. The zero-order valence-electron chi connectivity index (χ0n) is 5.26. The molecule has 50 valence electrons. The lowest BCUT2D eigenvalue weighted by Gasteiger charge is -2.05. The first-order valence-electron chi connectivity index (χ1n) is 2.48. The van der Waals surface area contributed by atoms with Gasteiger partial charge in [0.2, 0.25) is 5.91 Å². The van der Waals surface area contributed by atoms with Gasteiger partial charge in [-0.3, -0.25) is 4.79 Å². The standard InChI is InChI=1S/C6H9NO2/c1-3-4-5(9-2)6(7)8/h1,5H,4H2,2H3,(H2,7,8). The number of primary amides is 1. The molecule has 0 rings (SSSR count). The van der Waals surface area contributed by atoms with E-state index in [0.29, 0.717) is 0 Å². The quantitative estimate of drug-likeness (QED) is 0.520. The number of methoxy groups -OCH3 is 1. The van der Waals surface area contributed by atoms with Crippen molar-refractivity contribution in [3.8, 4) is 12.3 Å². The molecule has 0 bridgehead atoms. The van der Waals surface area contributed by atoms with Crippen LogP contribution in [0.1, 0.15) is 6.42 Å². The van der Waals surface area contributed by atoms with Crippen LogP contribution < -0.4 is 5.73 Å². The Morgan fingerprint density at radius 3 is 2.67 bits per heavy atom. The highest BCUT2D eigenvalue weighted by molar-refractivity contribution is 5.79. The Bertz CT molecular complexity index is 136. The summed E-state index contributed by atoms with van der Waals surface area (Å²) >= 11 is 0. The third kappa shape index (κ3) is 2.73. The average Bonchev–Trinajstić information content (AvgIpc) is 1.82. The lowest BCUT2D eigenvalue weighted by Crippen LogP contribution is -2.29. The molecule has 0 aromatic carbocycles. The second kappa shape index (κ2) is 3.93. The predicted molar refractivity (Wildman–Crippen MR) is 33.4 cm³/mol. The van der Waals surface area contributed by atoms with Crippen LogP contribution in [0.25, 0.3) is 0 Å². The summed E-state index contributed by atoms with van der Waals surface area (Å²) in [6.45, 7) is 0. The van der Waals surface area contributed by atoms with Gasteiger partial charge in [-0.25, -0.2) is 0 Å².